The maximum Gasteiger partial charge on any atom is 0.354 e. The third kappa shape index (κ3) is 4.18. The summed E-state index contributed by atoms with van der Waals surface area (Å²) in [4.78, 5) is 0. The van der Waals surface area contributed by atoms with Crippen molar-refractivity contribution in [2.75, 3.05) is 13.2 Å². The predicted molar refractivity (Wildman–Crippen MR) is 69.7 cm³/mol. The third-order valence-corrected chi connectivity index (χ3v) is 3.82. The van der Waals surface area contributed by atoms with E-state index in [1.54, 1.807) is 19.9 Å². The maximum atomic E-state index is 12.1. The molecule has 0 amide bonds. The van der Waals surface area contributed by atoms with Gasteiger partial charge in [0.2, 0.25) is 0 Å². The van der Waals surface area contributed by atoms with Gasteiger partial charge in [0.15, 0.2) is 11.5 Å². The molecule has 1 aromatic rings. The van der Waals surface area contributed by atoms with Gasteiger partial charge < -0.3 is 19.3 Å². The highest BCUT2D eigenvalue weighted by molar-refractivity contribution is 7.57. The second-order valence-electron chi connectivity index (χ2n) is 3.44. The van der Waals surface area contributed by atoms with Crippen molar-refractivity contribution >= 4 is 13.7 Å². The van der Waals surface area contributed by atoms with Crippen molar-refractivity contribution in [1.82, 2.24) is 0 Å². The molecule has 0 atom stereocenters. The molecule has 0 aliphatic carbocycles. The highest BCUT2D eigenvalue weighted by Crippen LogP contribution is 2.50. The zero-order chi connectivity index (χ0) is 13.6. The van der Waals surface area contributed by atoms with Crippen molar-refractivity contribution < 1.29 is 23.8 Å². The lowest BCUT2D eigenvalue weighted by Gasteiger charge is -2.12. The summed E-state index contributed by atoms with van der Waals surface area (Å²) in [6.07, 6.45) is 1.52. The van der Waals surface area contributed by atoms with E-state index in [0.29, 0.717) is 5.56 Å². The van der Waals surface area contributed by atoms with Crippen LogP contribution in [0.15, 0.2) is 24.0 Å². The lowest BCUT2D eigenvalue weighted by atomic mass is 10.2. The summed E-state index contributed by atoms with van der Waals surface area (Å²) in [5.74, 6) is 0.899. The lowest BCUT2D eigenvalue weighted by Crippen LogP contribution is -1.92. The van der Waals surface area contributed by atoms with Gasteiger partial charge in [-0.15, -0.1) is 0 Å². The van der Waals surface area contributed by atoms with Crippen molar-refractivity contribution in [1.29, 1.82) is 0 Å². The molecule has 0 aliphatic heterocycles. The average molecular weight is 272 g/mol. The van der Waals surface area contributed by atoms with Crippen LogP contribution in [0.5, 0.6) is 11.5 Å². The molecule has 0 fully saturated rings. The highest BCUT2D eigenvalue weighted by Gasteiger charge is 2.18. The highest BCUT2D eigenvalue weighted by atomic mass is 31.2. The minimum atomic E-state index is -3.24. The molecule has 0 saturated heterocycles. The Hall–Kier alpha value is -1.29. The Bertz CT molecular complexity index is 460. The van der Waals surface area contributed by atoms with E-state index >= 15 is 0 Å². The van der Waals surface area contributed by atoms with Gasteiger partial charge in [-0.05, 0) is 37.6 Å². The molecular weight excluding hydrogens is 255 g/mol. The largest absolute Gasteiger partial charge is 0.504 e. The quantitative estimate of drug-likeness (QED) is 0.613. The molecule has 2 N–H and O–H groups in total. The van der Waals surface area contributed by atoms with Gasteiger partial charge in [-0.25, -0.2) is 0 Å². The molecule has 0 aromatic heterocycles. The minimum absolute atomic E-state index is 0.204. The van der Waals surface area contributed by atoms with E-state index < -0.39 is 7.60 Å². The van der Waals surface area contributed by atoms with E-state index in [-0.39, 0.29) is 24.7 Å². The molecule has 6 heteroatoms. The zero-order valence-electron chi connectivity index (χ0n) is 10.4. The second-order valence-corrected chi connectivity index (χ2v) is 5.33. The van der Waals surface area contributed by atoms with E-state index in [1.807, 2.05) is 0 Å². The number of aromatic hydroxyl groups is 2. The summed E-state index contributed by atoms with van der Waals surface area (Å²) < 4.78 is 22.3. The number of rotatable bonds is 6. The molecule has 0 heterocycles. The number of phenols is 2. The number of hydrogen-bond donors (Lipinski definition) is 2. The Kier molecular flexibility index (Phi) is 5.41. The fourth-order valence-corrected chi connectivity index (χ4v) is 2.63. The van der Waals surface area contributed by atoms with Gasteiger partial charge >= 0.3 is 7.60 Å². The Balaban J connectivity index is 2.88. The van der Waals surface area contributed by atoms with E-state index in [4.69, 9.17) is 14.2 Å². The van der Waals surface area contributed by atoms with Crippen LogP contribution in [-0.2, 0) is 13.6 Å². The first kappa shape index (κ1) is 14.8. The first-order chi connectivity index (χ1) is 8.50. The van der Waals surface area contributed by atoms with E-state index in [1.165, 1.54) is 24.0 Å². The molecule has 0 unspecified atom stereocenters. The topological polar surface area (TPSA) is 76.0 Å². The van der Waals surface area contributed by atoms with Crippen LogP contribution < -0.4 is 0 Å². The normalized spacial score (nSPS) is 12.1. The van der Waals surface area contributed by atoms with Crippen LogP contribution in [0.2, 0.25) is 0 Å². The van der Waals surface area contributed by atoms with Gasteiger partial charge in [-0.1, -0.05) is 6.07 Å². The predicted octanol–water partition coefficient (Wildman–Crippen LogP) is 3.33. The van der Waals surface area contributed by atoms with E-state index in [9.17, 15) is 9.67 Å². The molecular formula is C12H17O5P. The number of phenolic OH excluding ortho intramolecular Hbond substituents is 2. The molecule has 18 heavy (non-hydrogen) atoms. The third-order valence-electron chi connectivity index (χ3n) is 2.07. The van der Waals surface area contributed by atoms with Gasteiger partial charge in [-0.2, -0.15) is 0 Å². The summed E-state index contributed by atoms with van der Waals surface area (Å²) in [7, 11) is -3.24. The first-order valence-corrected chi connectivity index (χ1v) is 7.22. The van der Waals surface area contributed by atoms with Crippen molar-refractivity contribution in [3.63, 3.8) is 0 Å². The maximum absolute atomic E-state index is 12.1. The summed E-state index contributed by atoms with van der Waals surface area (Å²) >= 11 is 0. The summed E-state index contributed by atoms with van der Waals surface area (Å²) in [6.45, 7) is 4.02. The molecule has 0 aliphatic rings. The Morgan fingerprint density at radius 3 is 2.28 bits per heavy atom. The first-order valence-electron chi connectivity index (χ1n) is 5.60. The van der Waals surface area contributed by atoms with Crippen LogP contribution >= 0.6 is 7.60 Å². The van der Waals surface area contributed by atoms with Crippen molar-refractivity contribution in [3.8, 4) is 11.5 Å². The smallest absolute Gasteiger partial charge is 0.354 e. The molecule has 1 aromatic carbocycles. The van der Waals surface area contributed by atoms with Crippen LogP contribution in [0, 0.1) is 0 Å². The molecule has 0 radical (unpaired) electrons. The Morgan fingerprint density at radius 1 is 1.17 bits per heavy atom. The van der Waals surface area contributed by atoms with Crippen LogP contribution in [-0.4, -0.2) is 23.4 Å². The monoisotopic (exact) mass is 272 g/mol. The van der Waals surface area contributed by atoms with Gasteiger partial charge in [0.05, 0.1) is 13.2 Å². The van der Waals surface area contributed by atoms with Crippen LogP contribution in [0.4, 0.5) is 0 Å². The van der Waals surface area contributed by atoms with Gasteiger partial charge in [-0.3, -0.25) is 4.57 Å². The number of hydrogen-bond acceptors (Lipinski definition) is 5. The minimum Gasteiger partial charge on any atom is -0.504 e. The van der Waals surface area contributed by atoms with Crippen LogP contribution in [0.1, 0.15) is 19.4 Å². The van der Waals surface area contributed by atoms with Crippen molar-refractivity contribution in [2.24, 2.45) is 0 Å². The van der Waals surface area contributed by atoms with E-state index in [2.05, 4.69) is 0 Å². The molecule has 0 spiro atoms. The summed E-state index contributed by atoms with van der Waals surface area (Å²) in [5.41, 5.74) is 0.588. The van der Waals surface area contributed by atoms with Gasteiger partial charge in [0.1, 0.15) is 0 Å². The molecule has 100 valence electrons. The fraction of sp³-hybridized carbons (Fsp3) is 0.333. The van der Waals surface area contributed by atoms with Crippen molar-refractivity contribution in [2.45, 2.75) is 13.8 Å². The van der Waals surface area contributed by atoms with E-state index in [0.717, 1.165) is 0 Å². The Labute approximate surface area is 106 Å². The molecule has 0 saturated carbocycles. The average Bonchev–Trinajstić information content (AvgIpc) is 2.32. The summed E-state index contributed by atoms with van der Waals surface area (Å²) in [5, 5.41) is 18.5. The van der Waals surface area contributed by atoms with Crippen molar-refractivity contribution in [3.05, 3.63) is 29.6 Å². The summed E-state index contributed by atoms with van der Waals surface area (Å²) in [6, 6.07) is 4.28. The number of benzene rings is 1. The second kappa shape index (κ2) is 6.59. The van der Waals surface area contributed by atoms with Gasteiger partial charge in [0.25, 0.3) is 0 Å². The SMILES string of the molecule is CCOP(=O)(/C=C/c1ccc(O)c(O)c1)OCC. The lowest BCUT2D eigenvalue weighted by molar-refractivity contribution is 0.229. The fourth-order valence-electron chi connectivity index (χ4n) is 1.30. The zero-order valence-corrected chi connectivity index (χ0v) is 11.3. The van der Waals surface area contributed by atoms with Crippen LogP contribution in [0.25, 0.3) is 6.08 Å². The molecule has 1 rings (SSSR count). The Morgan fingerprint density at radius 2 is 1.78 bits per heavy atom. The molecule has 5 nitrogen and oxygen atoms in total. The van der Waals surface area contributed by atoms with Crippen LogP contribution in [0.3, 0.4) is 0 Å². The standard InChI is InChI=1S/C12H17O5P/c1-3-16-18(15,17-4-2)8-7-10-5-6-11(13)12(14)9-10/h5-9,13-14H,3-4H2,1-2H3/b8-7+. The van der Waals surface area contributed by atoms with Gasteiger partial charge in [0, 0.05) is 5.82 Å². The molecule has 0 bridgehead atoms.